The summed E-state index contributed by atoms with van der Waals surface area (Å²) in [5, 5.41) is 0. The zero-order valence-corrected chi connectivity index (χ0v) is 11.9. The van der Waals surface area contributed by atoms with E-state index in [9.17, 15) is 0 Å². The molecule has 0 aromatic heterocycles. The van der Waals surface area contributed by atoms with Gasteiger partial charge in [-0.05, 0) is 12.5 Å². The Hall–Kier alpha value is -1.14. The lowest BCUT2D eigenvalue weighted by Crippen LogP contribution is -2.38. The molecule has 0 saturated heterocycles. The second kappa shape index (κ2) is 8.21. The lowest BCUT2D eigenvalue weighted by atomic mass is 9.99. The molecular formula is C15H23NO4. The summed E-state index contributed by atoms with van der Waals surface area (Å²) in [5.74, 6) is 0.857. The van der Waals surface area contributed by atoms with Gasteiger partial charge in [0.25, 0.3) is 0 Å². The molecule has 1 heterocycles. The average molecular weight is 281 g/mol. The largest absolute Gasteiger partial charge is 0.490 e. The highest BCUT2D eigenvalue weighted by Crippen LogP contribution is 2.31. The van der Waals surface area contributed by atoms with Crippen molar-refractivity contribution in [1.29, 1.82) is 0 Å². The lowest BCUT2D eigenvalue weighted by molar-refractivity contribution is -0.0347. The minimum absolute atomic E-state index is 0.118. The molecule has 0 fully saturated rings. The highest BCUT2D eigenvalue weighted by Gasteiger charge is 2.28. The van der Waals surface area contributed by atoms with Crippen LogP contribution < -0.4 is 10.5 Å². The molecule has 0 aliphatic carbocycles. The molecule has 2 rings (SSSR count). The molecule has 2 atom stereocenters. The summed E-state index contributed by atoms with van der Waals surface area (Å²) in [6, 6.07) is 7.68. The molecule has 0 spiro atoms. The van der Waals surface area contributed by atoms with Gasteiger partial charge in [-0.25, -0.2) is 0 Å². The standard InChI is InChI=1S/C15H23NO4/c1-17-7-4-8-18-9-10-19-14-11-20-13-6-3-2-5-12(13)15(14)16/h2-3,5-6,14-15H,4,7-11,16H2,1H3. The summed E-state index contributed by atoms with van der Waals surface area (Å²) >= 11 is 0. The Morgan fingerprint density at radius 1 is 1.20 bits per heavy atom. The van der Waals surface area contributed by atoms with E-state index in [-0.39, 0.29) is 12.1 Å². The van der Waals surface area contributed by atoms with Gasteiger partial charge < -0.3 is 24.7 Å². The Kier molecular flexibility index (Phi) is 6.26. The van der Waals surface area contributed by atoms with Gasteiger partial charge in [0.05, 0.1) is 19.3 Å². The average Bonchev–Trinajstić information content (AvgIpc) is 2.49. The highest BCUT2D eigenvalue weighted by molar-refractivity contribution is 5.38. The van der Waals surface area contributed by atoms with Gasteiger partial charge in [-0.1, -0.05) is 18.2 Å². The molecule has 1 aliphatic heterocycles. The molecule has 0 amide bonds. The van der Waals surface area contributed by atoms with E-state index >= 15 is 0 Å². The number of hydrogen-bond acceptors (Lipinski definition) is 5. The quantitative estimate of drug-likeness (QED) is 0.732. The van der Waals surface area contributed by atoms with Crippen molar-refractivity contribution in [2.45, 2.75) is 18.6 Å². The fourth-order valence-electron chi connectivity index (χ4n) is 2.18. The van der Waals surface area contributed by atoms with Crippen LogP contribution in [0.3, 0.4) is 0 Å². The van der Waals surface area contributed by atoms with Crippen LogP contribution in [0.15, 0.2) is 24.3 Å². The maximum atomic E-state index is 6.21. The van der Waals surface area contributed by atoms with E-state index in [4.69, 9.17) is 24.7 Å². The van der Waals surface area contributed by atoms with Crippen molar-refractivity contribution < 1.29 is 18.9 Å². The Morgan fingerprint density at radius 3 is 2.90 bits per heavy atom. The minimum Gasteiger partial charge on any atom is -0.490 e. The topological polar surface area (TPSA) is 62.9 Å². The maximum Gasteiger partial charge on any atom is 0.124 e. The van der Waals surface area contributed by atoms with Gasteiger partial charge in [0.15, 0.2) is 0 Å². The predicted molar refractivity (Wildman–Crippen MR) is 75.9 cm³/mol. The molecule has 1 aromatic rings. The van der Waals surface area contributed by atoms with Gasteiger partial charge in [0.2, 0.25) is 0 Å². The Morgan fingerprint density at radius 2 is 2.05 bits per heavy atom. The van der Waals surface area contributed by atoms with Crippen LogP contribution in [0.25, 0.3) is 0 Å². The summed E-state index contributed by atoms with van der Waals surface area (Å²) in [5.41, 5.74) is 7.21. The first-order chi connectivity index (χ1) is 9.83. The Labute approximate surface area is 120 Å². The van der Waals surface area contributed by atoms with E-state index in [0.717, 1.165) is 24.3 Å². The molecule has 1 aromatic carbocycles. The van der Waals surface area contributed by atoms with Gasteiger partial charge in [0.1, 0.15) is 18.5 Å². The molecule has 20 heavy (non-hydrogen) atoms. The normalized spacial score (nSPS) is 21.3. The van der Waals surface area contributed by atoms with Gasteiger partial charge >= 0.3 is 0 Å². The smallest absolute Gasteiger partial charge is 0.124 e. The Bertz CT molecular complexity index is 399. The Balaban J connectivity index is 1.67. The number of para-hydroxylation sites is 1. The van der Waals surface area contributed by atoms with Crippen LogP contribution in [0.5, 0.6) is 5.75 Å². The van der Waals surface area contributed by atoms with E-state index < -0.39 is 0 Å². The molecule has 2 unspecified atom stereocenters. The first kappa shape index (κ1) is 15.3. The third kappa shape index (κ3) is 4.18. The monoisotopic (exact) mass is 281 g/mol. The van der Waals surface area contributed by atoms with Crippen LogP contribution >= 0.6 is 0 Å². The zero-order valence-electron chi connectivity index (χ0n) is 11.9. The molecule has 5 heteroatoms. The van der Waals surface area contributed by atoms with Crippen molar-refractivity contribution in [3.63, 3.8) is 0 Å². The van der Waals surface area contributed by atoms with E-state index in [2.05, 4.69) is 0 Å². The summed E-state index contributed by atoms with van der Waals surface area (Å²) in [6.07, 6.45) is 0.781. The molecule has 1 aliphatic rings. The van der Waals surface area contributed by atoms with Crippen LogP contribution in [-0.2, 0) is 14.2 Å². The van der Waals surface area contributed by atoms with E-state index in [1.54, 1.807) is 7.11 Å². The number of methoxy groups -OCH3 is 1. The summed E-state index contributed by atoms with van der Waals surface area (Å²) < 4.78 is 21.8. The summed E-state index contributed by atoms with van der Waals surface area (Å²) in [4.78, 5) is 0. The first-order valence-electron chi connectivity index (χ1n) is 6.98. The fraction of sp³-hybridized carbons (Fsp3) is 0.600. The molecule has 112 valence electrons. The van der Waals surface area contributed by atoms with Gasteiger partial charge in [0, 0.05) is 25.9 Å². The molecule has 2 N–H and O–H groups in total. The van der Waals surface area contributed by atoms with E-state index in [1.165, 1.54) is 0 Å². The van der Waals surface area contributed by atoms with E-state index in [1.807, 2.05) is 24.3 Å². The number of nitrogens with two attached hydrogens (primary N) is 1. The van der Waals surface area contributed by atoms with Gasteiger partial charge in [-0.15, -0.1) is 0 Å². The summed E-state index contributed by atoms with van der Waals surface area (Å²) in [7, 11) is 1.69. The van der Waals surface area contributed by atoms with Crippen molar-refractivity contribution in [2.24, 2.45) is 5.73 Å². The van der Waals surface area contributed by atoms with Crippen LogP contribution in [0, 0.1) is 0 Å². The second-order valence-corrected chi connectivity index (χ2v) is 4.74. The predicted octanol–water partition coefficient (Wildman–Crippen LogP) is 1.52. The SMILES string of the molecule is COCCCOCCOC1COc2ccccc2C1N. The second-order valence-electron chi connectivity index (χ2n) is 4.74. The van der Waals surface area contributed by atoms with Crippen molar-refractivity contribution in [3.8, 4) is 5.75 Å². The first-order valence-corrected chi connectivity index (χ1v) is 6.98. The molecular weight excluding hydrogens is 258 g/mol. The zero-order chi connectivity index (χ0) is 14.2. The van der Waals surface area contributed by atoms with Gasteiger partial charge in [-0.2, -0.15) is 0 Å². The number of ether oxygens (including phenoxy) is 4. The van der Waals surface area contributed by atoms with Crippen LogP contribution in [0.2, 0.25) is 0 Å². The number of fused-ring (bicyclic) bond motifs is 1. The van der Waals surface area contributed by atoms with Crippen molar-refractivity contribution in [3.05, 3.63) is 29.8 Å². The molecule has 0 saturated carbocycles. The van der Waals surface area contributed by atoms with E-state index in [0.29, 0.717) is 26.4 Å². The lowest BCUT2D eigenvalue weighted by Gasteiger charge is -2.31. The van der Waals surface area contributed by atoms with Gasteiger partial charge in [-0.3, -0.25) is 0 Å². The third-order valence-corrected chi connectivity index (χ3v) is 3.28. The molecule has 5 nitrogen and oxygen atoms in total. The van der Waals surface area contributed by atoms with Crippen molar-refractivity contribution in [1.82, 2.24) is 0 Å². The maximum absolute atomic E-state index is 6.21. The highest BCUT2D eigenvalue weighted by atomic mass is 16.6. The van der Waals surface area contributed by atoms with Crippen LogP contribution in [0.1, 0.15) is 18.0 Å². The third-order valence-electron chi connectivity index (χ3n) is 3.28. The summed E-state index contributed by atoms with van der Waals surface area (Å²) in [6.45, 7) is 2.99. The number of rotatable bonds is 8. The minimum atomic E-state index is -0.145. The van der Waals surface area contributed by atoms with Crippen LogP contribution in [-0.4, -0.2) is 46.2 Å². The molecule has 0 radical (unpaired) electrons. The fourth-order valence-corrected chi connectivity index (χ4v) is 2.18. The van der Waals surface area contributed by atoms with Crippen LogP contribution in [0.4, 0.5) is 0 Å². The number of hydrogen-bond donors (Lipinski definition) is 1. The van der Waals surface area contributed by atoms with Crippen molar-refractivity contribution in [2.75, 3.05) is 40.1 Å². The van der Waals surface area contributed by atoms with Crippen molar-refractivity contribution >= 4 is 0 Å². The molecule has 0 bridgehead atoms. The number of benzene rings is 1.